The zero-order valence-electron chi connectivity index (χ0n) is 16.6. The van der Waals surface area contributed by atoms with Crippen LogP contribution in [0, 0.1) is 16.7 Å². The maximum Gasteiger partial charge on any atom is 0.311 e. The Morgan fingerprint density at radius 1 is 0.840 bits per heavy atom. The summed E-state index contributed by atoms with van der Waals surface area (Å²) in [6.45, 7) is 11.1. The van der Waals surface area contributed by atoms with E-state index in [0.717, 1.165) is 0 Å². The summed E-state index contributed by atoms with van der Waals surface area (Å²) in [4.78, 5) is 24.3. The van der Waals surface area contributed by atoms with Crippen LogP contribution in [0.3, 0.4) is 0 Å². The van der Waals surface area contributed by atoms with E-state index in [0.29, 0.717) is 38.5 Å². The topological polar surface area (TPSA) is 72.8 Å². The first-order valence-corrected chi connectivity index (χ1v) is 9.46. The second-order valence-electron chi connectivity index (χ2n) is 9.90. The number of carbonyl (C=O) groups excluding carboxylic acids is 2. The molecule has 2 atom stereocenters. The average Bonchev–Trinajstić information content (AvgIpc) is 2.46. The normalized spacial score (nSPS) is 33.3. The molecule has 0 amide bonds. The van der Waals surface area contributed by atoms with Crippen LogP contribution in [0.5, 0.6) is 0 Å². The summed E-state index contributed by atoms with van der Waals surface area (Å²) in [6.07, 6.45) is 3.63. The summed E-state index contributed by atoms with van der Waals surface area (Å²) in [6, 6.07) is 0. The van der Waals surface area contributed by atoms with Gasteiger partial charge >= 0.3 is 11.9 Å². The number of fused-ring (bicyclic) bond motifs is 1. The van der Waals surface area contributed by atoms with E-state index in [1.54, 1.807) is 0 Å². The van der Waals surface area contributed by atoms with E-state index >= 15 is 0 Å². The molecule has 2 aliphatic carbocycles. The largest absolute Gasteiger partial charge is 0.462 e. The van der Waals surface area contributed by atoms with Gasteiger partial charge in [-0.3, -0.25) is 9.59 Å². The third-order valence-corrected chi connectivity index (χ3v) is 5.43. The first-order valence-electron chi connectivity index (χ1n) is 9.46. The van der Waals surface area contributed by atoms with E-state index in [-0.39, 0.29) is 30.1 Å². The number of esters is 2. The van der Waals surface area contributed by atoms with Crippen molar-refractivity contribution < 1.29 is 24.2 Å². The Balaban J connectivity index is 1.97. The van der Waals surface area contributed by atoms with Crippen LogP contribution in [0.15, 0.2) is 0 Å². The number of hydrogen-bond donors (Lipinski definition) is 1. The summed E-state index contributed by atoms with van der Waals surface area (Å²) in [7, 11) is 0. The Morgan fingerprint density at radius 2 is 1.20 bits per heavy atom. The third-order valence-electron chi connectivity index (χ3n) is 5.43. The van der Waals surface area contributed by atoms with Gasteiger partial charge < -0.3 is 14.6 Å². The molecule has 25 heavy (non-hydrogen) atoms. The number of hydrogen-bond acceptors (Lipinski definition) is 5. The second kappa shape index (κ2) is 6.90. The van der Waals surface area contributed by atoms with Crippen molar-refractivity contribution in [3.63, 3.8) is 0 Å². The highest BCUT2D eigenvalue weighted by Gasteiger charge is 2.48. The van der Waals surface area contributed by atoms with E-state index in [1.165, 1.54) is 0 Å². The summed E-state index contributed by atoms with van der Waals surface area (Å²) in [5, 5.41) is 10.9. The molecule has 2 aliphatic rings. The van der Waals surface area contributed by atoms with Crippen molar-refractivity contribution in [2.24, 2.45) is 16.7 Å². The fourth-order valence-electron chi connectivity index (χ4n) is 3.63. The first kappa shape index (κ1) is 20.2. The Morgan fingerprint density at radius 3 is 1.52 bits per heavy atom. The van der Waals surface area contributed by atoms with Crippen LogP contribution in [-0.4, -0.2) is 34.9 Å². The first-order chi connectivity index (χ1) is 11.3. The molecule has 0 aliphatic heterocycles. The summed E-state index contributed by atoms with van der Waals surface area (Å²) >= 11 is 0. The van der Waals surface area contributed by atoms with Crippen LogP contribution < -0.4 is 0 Å². The monoisotopic (exact) mass is 354 g/mol. The lowest BCUT2D eigenvalue weighted by Crippen LogP contribution is -2.51. The Hall–Kier alpha value is -1.10. The van der Waals surface area contributed by atoms with Gasteiger partial charge in [-0.15, -0.1) is 0 Å². The Bertz CT molecular complexity index is 469. The van der Waals surface area contributed by atoms with Gasteiger partial charge in [-0.25, -0.2) is 0 Å². The van der Waals surface area contributed by atoms with Crippen molar-refractivity contribution >= 4 is 11.9 Å². The zero-order valence-corrected chi connectivity index (χ0v) is 16.6. The van der Waals surface area contributed by atoms with Crippen LogP contribution >= 0.6 is 0 Å². The lowest BCUT2D eigenvalue weighted by molar-refractivity contribution is -0.179. The smallest absolute Gasteiger partial charge is 0.311 e. The maximum atomic E-state index is 12.1. The lowest BCUT2D eigenvalue weighted by Gasteiger charge is -2.47. The van der Waals surface area contributed by atoms with E-state index in [1.807, 2.05) is 41.5 Å². The molecule has 2 saturated carbocycles. The van der Waals surface area contributed by atoms with Gasteiger partial charge in [-0.2, -0.15) is 0 Å². The zero-order chi connectivity index (χ0) is 19.0. The van der Waals surface area contributed by atoms with E-state index < -0.39 is 16.4 Å². The number of carbonyl (C=O) groups is 2. The molecule has 5 nitrogen and oxygen atoms in total. The van der Waals surface area contributed by atoms with Crippen molar-refractivity contribution in [2.45, 2.75) is 97.9 Å². The molecule has 1 N–H and O–H groups in total. The SMILES string of the molecule is CC(C)(C)C(=O)O[C@@H]1CCC2(O)CC[C@@H](OC(=O)C(C)(C)C)CC2C1. The molecule has 5 heteroatoms. The molecule has 0 spiro atoms. The number of rotatable bonds is 2. The molecular weight excluding hydrogens is 320 g/mol. The standard InChI is InChI=1S/C20H34O5/c1-18(2,3)16(21)24-14-7-9-20(23)10-8-15(12-13(20)11-14)25-17(22)19(4,5)6/h13-15,23H,7-12H2,1-6H3/t13?,14-,15-,20?/m1/s1. The molecule has 0 saturated heterocycles. The van der Waals surface area contributed by atoms with Gasteiger partial charge in [-0.05, 0) is 86.0 Å². The van der Waals surface area contributed by atoms with Crippen molar-refractivity contribution in [3.8, 4) is 0 Å². The Kier molecular flexibility index (Phi) is 5.58. The highest BCUT2D eigenvalue weighted by molar-refractivity contribution is 5.76. The highest BCUT2D eigenvalue weighted by Crippen LogP contribution is 2.45. The van der Waals surface area contributed by atoms with Crippen LogP contribution in [-0.2, 0) is 19.1 Å². The maximum absolute atomic E-state index is 12.1. The van der Waals surface area contributed by atoms with Gasteiger partial charge in [0.25, 0.3) is 0 Å². The van der Waals surface area contributed by atoms with Gasteiger partial charge in [0, 0.05) is 0 Å². The predicted molar refractivity (Wildman–Crippen MR) is 94.8 cm³/mol. The minimum atomic E-state index is -0.713. The minimum Gasteiger partial charge on any atom is -0.462 e. The van der Waals surface area contributed by atoms with Gasteiger partial charge in [0.05, 0.1) is 16.4 Å². The summed E-state index contributed by atoms with van der Waals surface area (Å²) in [5.74, 6) is -0.394. The van der Waals surface area contributed by atoms with Crippen LogP contribution in [0.1, 0.15) is 80.1 Å². The lowest BCUT2D eigenvalue weighted by atomic mass is 9.66. The molecule has 2 rings (SSSR count). The van der Waals surface area contributed by atoms with Crippen LogP contribution in [0.2, 0.25) is 0 Å². The van der Waals surface area contributed by atoms with Crippen molar-refractivity contribution in [2.75, 3.05) is 0 Å². The molecule has 0 aromatic heterocycles. The molecule has 0 unspecified atom stereocenters. The quantitative estimate of drug-likeness (QED) is 0.767. The number of ether oxygens (including phenoxy) is 2. The summed E-state index contributed by atoms with van der Waals surface area (Å²) in [5.41, 5.74) is -1.76. The molecule has 0 heterocycles. The van der Waals surface area contributed by atoms with Gasteiger partial charge in [0.15, 0.2) is 0 Å². The molecule has 2 fully saturated rings. The van der Waals surface area contributed by atoms with Crippen LogP contribution in [0.25, 0.3) is 0 Å². The van der Waals surface area contributed by atoms with Crippen molar-refractivity contribution in [3.05, 3.63) is 0 Å². The number of aliphatic hydroxyl groups is 1. The van der Waals surface area contributed by atoms with Crippen molar-refractivity contribution in [1.82, 2.24) is 0 Å². The molecule has 144 valence electrons. The molecule has 0 aromatic rings. The molecule has 0 aromatic carbocycles. The molecule has 0 bridgehead atoms. The molecular formula is C20H34O5. The predicted octanol–water partition coefficient (Wildman–Crippen LogP) is 3.62. The average molecular weight is 354 g/mol. The van der Waals surface area contributed by atoms with Gasteiger partial charge in [0.1, 0.15) is 12.2 Å². The Labute approximate surface area is 151 Å². The van der Waals surface area contributed by atoms with Gasteiger partial charge in [-0.1, -0.05) is 0 Å². The highest BCUT2D eigenvalue weighted by atomic mass is 16.5. The second-order valence-corrected chi connectivity index (χ2v) is 9.90. The fraction of sp³-hybridized carbons (Fsp3) is 0.900. The summed E-state index contributed by atoms with van der Waals surface area (Å²) < 4.78 is 11.3. The van der Waals surface area contributed by atoms with Gasteiger partial charge in [0.2, 0.25) is 0 Å². The molecule has 0 radical (unpaired) electrons. The minimum absolute atomic E-state index is 0.00513. The van der Waals surface area contributed by atoms with E-state index in [9.17, 15) is 14.7 Å². The third kappa shape index (κ3) is 4.96. The fourth-order valence-corrected chi connectivity index (χ4v) is 3.63. The van der Waals surface area contributed by atoms with Crippen LogP contribution in [0.4, 0.5) is 0 Å². The van der Waals surface area contributed by atoms with E-state index in [4.69, 9.17) is 9.47 Å². The van der Waals surface area contributed by atoms with E-state index in [2.05, 4.69) is 0 Å². The van der Waals surface area contributed by atoms with Crippen molar-refractivity contribution in [1.29, 1.82) is 0 Å².